The van der Waals surface area contributed by atoms with Gasteiger partial charge in [0.25, 0.3) is 0 Å². The number of anilines is 2. The standard InChI is InChI=1S/C16H23F2N3O/c17-16(18)22-15-11-13(3-4-14(15)19)21-9-5-12(6-10-21)20-7-1-2-8-20/h3-4,11-12,16H,1-2,5-10,19H2. The summed E-state index contributed by atoms with van der Waals surface area (Å²) < 4.78 is 29.3. The zero-order valence-electron chi connectivity index (χ0n) is 12.7. The van der Waals surface area contributed by atoms with Crippen molar-refractivity contribution in [3.8, 4) is 5.75 Å². The molecule has 0 aromatic heterocycles. The fraction of sp³-hybridized carbons (Fsp3) is 0.625. The molecule has 4 nitrogen and oxygen atoms in total. The van der Waals surface area contributed by atoms with Crippen LogP contribution in [0.5, 0.6) is 5.75 Å². The van der Waals surface area contributed by atoms with Crippen LogP contribution in [0.25, 0.3) is 0 Å². The summed E-state index contributed by atoms with van der Waals surface area (Å²) in [7, 11) is 0. The number of piperidine rings is 1. The molecule has 0 amide bonds. The number of hydrogen-bond donors (Lipinski definition) is 1. The first-order chi connectivity index (χ1) is 10.6. The molecule has 2 aliphatic heterocycles. The van der Waals surface area contributed by atoms with Gasteiger partial charge >= 0.3 is 6.61 Å². The molecule has 122 valence electrons. The van der Waals surface area contributed by atoms with Gasteiger partial charge in [-0.2, -0.15) is 8.78 Å². The summed E-state index contributed by atoms with van der Waals surface area (Å²) in [5.41, 5.74) is 6.84. The first-order valence-corrected chi connectivity index (χ1v) is 7.97. The van der Waals surface area contributed by atoms with Crippen molar-refractivity contribution in [1.29, 1.82) is 0 Å². The Balaban J connectivity index is 1.63. The van der Waals surface area contributed by atoms with Crippen LogP contribution in [0.2, 0.25) is 0 Å². The van der Waals surface area contributed by atoms with E-state index in [1.807, 2.05) is 6.07 Å². The molecule has 0 aliphatic carbocycles. The second kappa shape index (κ2) is 6.69. The Hall–Kier alpha value is -1.56. The van der Waals surface area contributed by atoms with E-state index in [0.717, 1.165) is 31.6 Å². The van der Waals surface area contributed by atoms with Crippen LogP contribution in [-0.2, 0) is 0 Å². The van der Waals surface area contributed by atoms with Crippen molar-refractivity contribution >= 4 is 11.4 Å². The lowest BCUT2D eigenvalue weighted by Crippen LogP contribution is -2.43. The molecule has 0 radical (unpaired) electrons. The van der Waals surface area contributed by atoms with Crippen molar-refractivity contribution in [1.82, 2.24) is 4.90 Å². The predicted molar refractivity (Wildman–Crippen MR) is 83.5 cm³/mol. The van der Waals surface area contributed by atoms with Crippen LogP contribution in [0.3, 0.4) is 0 Å². The molecule has 2 N–H and O–H groups in total. The summed E-state index contributed by atoms with van der Waals surface area (Å²) in [5, 5.41) is 0. The van der Waals surface area contributed by atoms with Gasteiger partial charge in [0.05, 0.1) is 5.69 Å². The maximum Gasteiger partial charge on any atom is 0.387 e. The number of hydrogen-bond acceptors (Lipinski definition) is 4. The number of nitrogen functional groups attached to an aromatic ring is 1. The summed E-state index contributed by atoms with van der Waals surface area (Å²) in [5.74, 6) is 0.0640. The van der Waals surface area contributed by atoms with Gasteiger partial charge in [-0.25, -0.2) is 0 Å². The van der Waals surface area contributed by atoms with Crippen LogP contribution in [0, 0.1) is 0 Å². The fourth-order valence-corrected chi connectivity index (χ4v) is 3.51. The summed E-state index contributed by atoms with van der Waals surface area (Å²) in [6, 6.07) is 5.81. The smallest absolute Gasteiger partial charge is 0.387 e. The Morgan fingerprint density at radius 1 is 1.09 bits per heavy atom. The Morgan fingerprint density at radius 2 is 1.77 bits per heavy atom. The normalized spacial score (nSPS) is 20.8. The van der Waals surface area contributed by atoms with Crippen LogP contribution < -0.4 is 15.4 Å². The molecule has 6 heteroatoms. The minimum atomic E-state index is -2.85. The van der Waals surface area contributed by atoms with E-state index in [1.165, 1.54) is 25.9 Å². The molecule has 0 saturated carbocycles. The molecule has 0 spiro atoms. The zero-order valence-corrected chi connectivity index (χ0v) is 12.7. The van der Waals surface area contributed by atoms with Crippen LogP contribution in [0.4, 0.5) is 20.2 Å². The zero-order chi connectivity index (χ0) is 15.5. The van der Waals surface area contributed by atoms with Crippen molar-refractivity contribution < 1.29 is 13.5 Å². The average molecular weight is 311 g/mol. The summed E-state index contributed by atoms with van der Waals surface area (Å²) in [6.45, 7) is 1.48. The molecular weight excluding hydrogens is 288 g/mol. The number of likely N-dealkylation sites (tertiary alicyclic amines) is 1. The number of nitrogens with zero attached hydrogens (tertiary/aromatic N) is 2. The monoisotopic (exact) mass is 311 g/mol. The Kier molecular flexibility index (Phi) is 4.66. The topological polar surface area (TPSA) is 41.7 Å². The van der Waals surface area contributed by atoms with Gasteiger partial charge in [0.1, 0.15) is 0 Å². The highest BCUT2D eigenvalue weighted by molar-refractivity contribution is 5.62. The molecule has 2 saturated heterocycles. The Labute approximate surface area is 129 Å². The number of rotatable bonds is 4. The molecule has 0 atom stereocenters. The number of nitrogens with two attached hydrogens (primary N) is 1. The van der Waals surface area contributed by atoms with Gasteiger partial charge in [-0.15, -0.1) is 0 Å². The van der Waals surface area contributed by atoms with Crippen molar-refractivity contribution in [2.24, 2.45) is 0 Å². The van der Waals surface area contributed by atoms with E-state index in [2.05, 4.69) is 14.5 Å². The molecule has 0 unspecified atom stereocenters. The van der Waals surface area contributed by atoms with Crippen molar-refractivity contribution in [2.75, 3.05) is 36.8 Å². The van der Waals surface area contributed by atoms with E-state index in [0.29, 0.717) is 6.04 Å². The number of benzene rings is 1. The Bertz CT molecular complexity index is 498. The number of halogens is 2. The SMILES string of the molecule is Nc1ccc(N2CCC(N3CCCC3)CC2)cc1OC(F)F. The lowest BCUT2D eigenvalue weighted by atomic mass is 10.0. The molecular formula is C16H23F2N3O. The van der Waals surface area contributed by atoms with Gasteiger partial charge in [-0.05, 0) is 50.9 Å². The highest BCUT2D eigenvalue weighted by Crippen LogP contribution is 2.31. The Morgan fingerprint density at radius 3 is 2.41 bits per heavy atom. The maximum absolute atomic E-state index is 12.4. The third-order valence-corrected chi connectivity index (χ3v) is 4.70. The van der Waals surface area contributed by atoms with Crippen molar-refractivity contribution in [2.45, 2.75) is 38.3 Å². The van der Waals surface area contributed by atoms with E-state index >= 15 is 0 Å². The highest BCUT2D eigenvalue weighted by Gasteiger charge is 2.26. The minimum absolute atomic E-state index is 0.0640. The lowest BCUT2D eigenvalue weighted by Gasteiger charge is -2.38. The van der Waals surface area contributed by atoms with E-state index in [9.17, 15) is 8.78 Å². The average Bonchev–Trinajstić information content (AvgIpc) is 3.04. The third kappa shape index (κ3) is 3.43. The summed E-state index contributed by atoms with van der Waals surface area (Å²) in [4.78, 5) is 4.82. The van der Waals surface area contributed by atoms with Crippen LogP contribution in [-0.4, -0.2) is 43.7 Å². The largest absolute Gasteiger partial charge is 0.433 e. The van der Waals surface area contributed by atoms with E-state index in [-0.39, 0.29) is 11.4 Å². The van der Waals surface area contributed by atoms with Crippen LogP contribution in [0.15, 0.2) is 18.2 Å². The number of ether oxygens (including phenoxy) is 1. The third-order valence-electron chi connectivity index (χ3n) is 4.70. The lowest BCUT2D eigenvalue weighted by molar-refractivity contribution is -0.0493. The van der Waals surface area contributed by atoms with Gasteiger partial charge in [-0.1, -0.05) is 0 Å². The molecule has 3 rings (SSSR count). The second-order valence-corrected chi connectivity index (χ2v) is 6.06. The molecule has 2 heterocycles. The number of alkyl halides is 2. The van der Waals surface area contributed by atoms with E-state index < -0.39 is 6.61 Å². The van der Waals surface area contributed by atoms with Crippen molar-refractivity contribution in [3.63, 3.8) is 0 Å². The fourth-order valence-electron chi connectivity index (χ4n) is 3.51. The van der Waals surface area contributed by atoms with Gasteiger partial charge in [0, 0.05) is 30.9 Å². The molecule has 0 bridgehead atoms. The summed E-state index contributed by atoms with van der Waals surface area (Å²) in [6.07, 6.45) is 4.86. The van der Waals surface area contributed by atoms with Gasteiger partial charge in [0.2, 0.25) is 0 Å². The van der Waals surface area contributed by atoms with Crippen LogP contribution in [0.1, 0.15) is 25.7 Å². The quantitative estimate of drug-likeness (QED) is 0.868. The molecule has 2 fully saturated rings. The van der Waals surface area contributed by atoms with Crippen molar-refractivity contribution in [3.05, 3.63) is 18.2 Å². The minimum Gasteiger partial charge on any atom is -0.433 e. The van der Waals surface area contributed by atoms with Gasteiger partial charge in [-0.3, -0.25) is 0 Å². The van der Waals surface area contributed by atoms with E-state index in [4.69, 9.17) is 5.73 Å². The van der Waals surface area contributed by atoms with Gasteiger partial charge < -0.3 is 20.3 Å². The highest BCUT2D eigenvalue weighted by atomic mass is 19.3. The molecule has 1 aromatic rings. The maximum atomic E-state index is 12.4. The van der Waals surface area contributed by atoms with Crippen LogP contribution >= 0.6 is 0 Å². The first kappa shape index (κ1) is 15.3. The predicted octanol–water partition coefficient (Wildman–Crippen LogP) is 2.93. The van der Waals surface area contributed by atoms with Gasteiger partial charge in [0.15, 0.2) is 5.75 Å². The first-order valence-electron chi connectivity index (χ1n) is 7.97. The molecule has 1 aromatic carbocycles. The summed E-state index contributed by atoms with van der Waals surface area (Å²) >= 11 is 0. The molecule has 2 aliphatic rings. The van der Waals surface area contributed by atoms with E-state index in [1.54, 1.807) is 12.1 Å². The second-order valence-electron chi connectivity index (χ2n) is 6.06. The molecule has 22 heavy (non-hydrogen) atoms.